The highest BCUT2D eigenvalue weighted by atomic mass is 16.2. The lowest BCUT2D eigenvalue weighted by Crippen LogP contribution is -2.12. The molecule has 0 aliphatic heterocycles. The number of hydrogen-bond donors (Lipinski definition) is 1. The average Bonchev–Trinajstić information content (AvgIpc) is 3.14. The molecule has 0 bridgehead atoms. The number of nitrogens with zero attached hydrogens (tertiary/aromatic N) is 4. The lowest BCUT2D eigenvalue weighted by atomic mass is 9.96. The van der Waals surface area contributed by atoms with Crippen molar-refractivity contribution in [1.82, 2.24) is 19.3 Å². The molecule has 0 unspecified atom stereocenters. The van der Waals surface area contributed by atoms with Crippen molar-refractivity contribution in [3.05, 3.63) is 47.0 Å². The van der Waals surface area contributed by atoms with Gasteiger partial charge in [0.1, 0.15) is 5.82 Å². The van der Waals surface area contributed by atoms with Gasteiger partial charge in [0.05, 0.1) is 23.3 Å². The van der Waals surface area contributed by atoms with Crippen LogP contribution in [0.15, 0.2) is 24.3 Å². The molecule has 0 saturated heterocycles. The van der Waals surface area contributed by atoms with Crippen LogP contribution in [0.4, 0.5) is 0 Å². The third-order valence-electron chi connectivity index (χ3n) is 5.32. The fourth-order valence-corrected chi connectivity index (χ4v) is 3.93. The largest absolute Gasteiger partial charge is 0.396 e. The number of hydrogen-bond acceptors (Lipinski definition) is 3. The molecule has 1 aliphatic rings. The van der Waals surface area contributed by atoms with E-state index in [2.05, 4.69) is 34.4 Å². The van der Waals surface area contributed by atoms with Crippen LogP contribution in [0.5, 0.6) is 0 Å². The number of aliphatic hydroxyl groups excluding tert-OH is 1. The second-order valence-corrected chi connectivity index (χ2v) is 6.97. The highest BCUT2D eigenvalue weighted by molar-refractivity contribution is 5.75. The molecule has 5 nitrogen and oxygen atoms in total. The Bertz CT molecular complexity index is 877. The van der Waals surface area contributed by atoms with Gasteiger partial charge in [-0.2, -0.15) is 5.10 Å². The number of unbranched alkanes of at least 4 members (excludes halogenated alkanes) is 1. The summed E-state index contributed by atoms with van der Waals surface area (Å²) in [6.07, 6.45) is 6.58. The van der Waals surface area contributed by atoms with Crippen LogP contribution in [0.2, 0.25) is 0 Å². The van der Waals surface area contributed by atoms with Gasteiger partial charge in [0, 0.05) is 18.8 Å². The SMILES string of the molecule is Cc1c2c(nn1Cc1nc3ccccc3n1CCCCO)CCCC2. The Morgan fingerprint density at radius 1 is 1.12 bits per heavy atom. The van der Waals surface area contributed by atoms with Gasteiger partial charge in [-0.3, -0.25) is 4.68 Å². The fraction of sp³-hybridized carbons (Fsp3) is 0.500. The van der Waals surface area contributed by atoms with E-state index in [1.54, 1.807) is 0 Å². The first-order valence-electron chi connectivity index (χ1n) is 9.38. The lowest BCUT2D eigenvalue weighted by molar-refractivity contribution is 0.281. The molecule has 132 valence electrons. The van der Waals surface area contributed by atoms with Crippen molar-refractivity contribution in [2.45, 2.75) is 58.5 Å². The van der Waals surface area contributed by atoms with Crippen molar-refractivity contribution in [3.8, 4) is 0 Å². The summed E-state index contributed by atoms with van der Waals surface area (Å²) in [4.78, 5) is 4.87. The van der Waals surface area contributed by atoms with Crippen molar-refractivity contribution < 1.29 is 5.11 Å². The third kappa shape index (κ3) is 3.09. The summed E-state index contributed by atoms with van der Waals surface area (Å²) in [6, 6.07) is 8.30. The molecule has 4 rings (SSSR count). The molecule has 0 fully saturated rings. The average molecular weight is 338 g/mol. The minimum atomic E-state index is 0.243. The first-order valence-corrected chi connectivity index (χ1v) is 9.38. The first kappa shape index (κ1) is 16.3. The van der Waals surface area contributed by atoms with Crippen molar-refractivity contribution in [2.24, 2.45) is 0 Å². The molecule has 25 heavy (non-hydrogen) atoms. The molecular formula is C20H26N4O. The third-order valence-corrected chi connectivity index (χ3v) is 5.32. The number of benzene rings is 1. The zero-order valence-corrected chi connectivity index (χ0v) is 14.9. The number of rotatable bonds is 6. The van der Waals surface area contributed by atoms with Gasteiger partial charge in [0.15, 0.2) is 0 Å². The standard InChI is InChI=1S/C20H26N4O/c1-15-16-8-2-3-9-17(16)22-24(15)14-20-21-18-10-4-5-11-19(18)23(20)12-6-7-13-25/h4-5,10-11,25H,2-3,6-9,12-14H2,1H3. The Balaban J connectivity index is 1.69. The predicted octanol–water partition coefficient (Wildman–Crippen LogP) is 3.24. The van der Waals surface area contributed by atoms with Gasteiger partial charge in [-0.1, -0.05) is 12.1 Å². The molecule has 3 aromatic rings. The predicted molar refractivity (Wildman–Crippen MR) is 98.8 cm³/mol. The van der Waals surface area contributed by atoms with E-state index in [4.69, 9.17) is 15.2 Å². The Kier molecular flexibility index (Phi) is 4.57. The van der Waals surface area contributed by atoms with E-state index in [0.717, 1.165) is 43.6 Å². The highest BCUT2D eigenvalue weighted by Crippen LogP contribution is 2.25. The molecule has 0 amide bonds. The topological polar surface area (TPSA) is 55.9 Å². The summed E-state index contributed by atoms with van der Waals surface area (Å²) >= 11 is 0. The molecule has 5 heteroatoms. The van der Waals surface area contributed by atoms with Crippen molar-refractivity contribution in [2.75, 3.05) is 6.61 Å². The van der Waals surface area contributed by atoms with E-state index in [1.807, 2.05) is 6.07 Å². The number of imidazole rings is 1. The normalized spacial score (nSPS) is 14.2. The van der Waals surface area contributed by atoms with Crippen LogP contribution in [0.1, 0.15) is 48.5 Å². The number of fused-ring (bicyclic) bond motifs is 2. The van der Waals surface area contributed by atoms with Gasteiger partial charge in [0.2, 0.25) is 0 Å². The maximum Gasteiger partial charge on any atom is 0.131 e. The summed E-state index contributed by atoms with van der Waals surface area (Å²) in [5, 5.41) is 14.0. The van der Waals surface area contributed by atoms with Gasteiger partial charge in [-0.15, -0.1) is 0 Å². The second kappa shape index (κ2) is 7.00. The Labute approximate surface area is 148 Å². The van der Waals surface area contributed by atoms with Crippen LogP contribution >= 0.6 is 0 Å². The van der Waals surface area contributed by atoms with E-state index in [1.165, 1.54) is 35.3 Å². The minimum Gasteiger partial charge on any atom is -0.396 e. The Morgan fingerprint density at radius 3 is 2.80 bits per heavy atom. The second-order valence-electron chi connectivity index (χ2n) is 6.97. The van der Waals surface area contributed by atoms with Crippen LogP contribution in [0, 0.1) is 6.92 Å². The molecule has 1 N–H and O–H groups in total. The van der Waals surface area contributed by atoms with Crippen LogP contribution in [-0.4, -0.2) is 31.0 Å². The maximum absolute atomic E-state index is 9.10. The number of para-hydroxylation sites is 2. The van der Waals surface area contributed by atoms with Crippen LogP contribution in [0.25, 0.3) is 11.0 Å². The summed E-state index contributed by atoms with van der Waals surface area (Å²) < 4.78 is 4.44. The van der Waals surface area contributed by atoms with Gasteiger partial charge < -0.3 is 9.67 Å². The van der Waals surface area contributed by atoms with Crippen molar-refractivity contribution in [3.63, 3.8) is 0 Å². The quantitative estimate of drug-likeness (QED) is 0.702. The van der Waals surface area contributed by atoms with Gasteiger partial charge in [-0.25, -0.2) is 4.98 Å². The molecule has 2 aromatic heterocycles. The van der Waals surface area contributed by atoms with Gasteiger partial charge in [-0.05, 0) is 63.1 Å². The molecule has 0 atom stereocenters. The van der Waals surface area contributed by atoms with E-state index in [-0.39, 0.29) is 6.61 Å². The highest BCUT2D eigenvalue weighted by Gasteiger charge is 2.19. The van der Waals surface area contributed by atoms with Crippen molar-refractivity contribution >= 4 is 11.0 Å². The van der Waals surface area contributed by atoms with E-state index in [9.17, 15) is 0 Å². The van der Waals surface area contributed by atoms with Crippen LogP contribution in [-0.2, 0) is 25.9 Å². The lowest BCUT2D eigenvalue weighted by Gasteiger charge is -2.10. The van der Waals surface area contributed by atoms with Gasteiger partial charge in [0.25, 0.3) is 0 Å². The van der Waals surface area contributed by atoms with E-state index in [0.29, 0.717) is 6.54 Å². The van der Waals surface area contributed by atoms with Crippen molar-refractivity contribution in [1.29, 1.82) is 0 Å². The number of aryl methyl sites for hydroxylation is 2. The zero-order chi connectivity index (χ0) is 17.2. The molecule has 0 saturated carbocycles. The summed E-state index contributed by atoms with van der Waals surface area (Å²) in [7, 11) is 0. The number of aromatic nitrogens is 4. The van der Waals surface area contributed by atoms with E-state index >= 15 is 0 Å². The minimum absolute atomic E-state index is 0.243. The fourth-order valence-electron chi connectivity index (χ4n) is 3.93. The monoisotopic (exact) mass is 338 g/mol. The Hall–Kier alpha value is -2.14. The summed E-state index contributed by atoms with van der Waals surface area (Å²) in [5.74, 6) is 1.06. The Morgan fingerprint density at radius 2 is 1.96 bits per heavy atom. The maximum atomic E-state index is 9.10. The van der Waals surface area contributed by atoms with Crippen LogP contribution in [0.3, 0.4) is 0 Å². The van der Waals surface area contributed by atoms with Gasteiger partial charge >= 0.3 is 0 Å². The van der Waals surface area contributed by atoms with E-state index < -0.39 is 0 Å². The molecule has 0 spiro atoms. The molecule has 1 aromatic carbocycles. The summed E-state index contributed by atoms with van der Waals surface area (Å²) in [6.45, 7) is 4.03. The zero-order valence-electron chi connectivity index (χ0n) is 14.9. The molecule has 0 radical (unpaired) electrons. The smallest absolute Gasteiger partial charge is 0.131 e. The van der Waals surface area contributed by atoms with Crippen LogP contribution < -0.4 is 0 Å². The number of aliphatic hydroxyl groups is 1. The molecular weight excluding hydrogens is 312 g/mol. The first-order chi connectivity index (χ1) is 12.3. The molecule has 2 heterocycles. The molecule has 1 aliphatic carbocycles. The summed E-state index contributed by atoms with van der Waals surface area (Å²) in [5.41, 5.74) is 6.24.